The summed E-state index contributed by atoms with van der Waals surface area (Å²) in [6.07, 6.45) is 7.65. The molecule has 1 aliphatic rings. The molecule has 1 aliphatic heterocycles. The average molecular weight is 483 g/mol. The quantitative estimate of drug-likeness (QED) is 0.411. The Bertz CT molecular complexity index is 1460. The third-order valence-corrected chi connectivity index (χ3v) is 7.17. The van der Waals surface area contributed by atoms with Crippen LogP contribution in [0.3, 0.4) is 0 Å². The van der Waals surface area contributed by atoms with E-state index in [-0.39, 0.29) is 10.6 Å². The molecular formula is C25H24F2N4O2S. The Labute approximate surface area is 196 Å². The first kappa shape index (κ1) is 22.6. The molecule has 0 atom stereocenters. The maximum atomic E-state index is 14.8. The van der Waals surface area contributed by atoms with Gasteiger partial charge in [-0.25, -0.2) is 26.9 Å². The average Bonchev–Trinajstić information content (AvgIpc) is 3.25. The molecule has 1 saturated heterocycles. The fourth-order valence-electron chi connectivity index (χ4n) is 4.45. The molecule has 34 heavy (non-hydrogen) atoms. The predicted octanol–water partition coefficient (Wildman–Crippen LogP) is 4.76. The fourth-order valence-corrected chi connectivity index (χ4v) is 5.01. The van der Waals surface area contributed by atoms with E-state index >= 15 is 0 Å². The first-order valence-electron chi connectivity index (χ1n) is 11.1. The lowest BCUT2D eigenvalue weighted by Crippen LogP contribution is -2.29. The van der Waals surface area contributed by atoms with Crippen molar-refractivity contribution in [3.63, 3.8) is 0 Å². The largest absolute Gasteiger partial charge is 0.299 e. The van der Waals surface area contributed by atoms with Crippen molar-refractivity contribution in [1.29, 1.82) is 0 Å². The maximum Gasteiger partial charge on any atom is 0.192 e. The van der Waals surface area contributed by atoms with E-state index in [0.717, 1.165) is 48.7 Å². The highest BCUT2D eigenvalue weighted by Crippen LogP contribution is 2.30. The smallest absolute Gasteiger partial charge is 0.192 e. The van der Waals surface area contributed by atoms with Crippen LogP contribution in [0.25, 0.3) is 27.7 Å². The molecule has 4 aromatic rings. The van der Waals surface area contributed by atoms with Crippen molar-refractivity contribution in [3.8, 4) is 16.8 Å². The number of nitrogens with zero attached hydrogens (tertiary/aromatic N) is 4. The Morgan fingerprint density at radius 3 is 2.47 bits per heavy atom. The number of rotatable bonds is 5. The number of hydrogen-bond donors (Lipinski definition) is 0. The van der Waals surface area contributed by atoms with Crippen molar-refractivity contribution >= 4 is 20.7 Å². The summed E-state index contributed by atoms with van der Waals surface area (Å²) >= 11 is 0. The second kappa shape index (κ2) is 8.88. The van der Waals surface area contributed by atoms with Crippen molar-refractivity contribution in [1.82, 2.24) is 19.7 Å². The highest BCUT2D eigenvalue weighted by atomic mass is 32.2. The van der Waals surface area contributed by atoms with Gasteiger partial charge in [0.25, 0.3) is 0 Å². The van der Waals surface area contributed by atoms with Crippen molar-refractivity contribution in [2.24, 2.45) is 0 Å². The van der Waals surface area contributed by atoms with Crippen LogP contribution in [-0.2, 0) is 16.4 Å². The van der Waals surface area contributed by atoms with Gasteiger partial charge in [0.15, 0.2) is 26.5 Å². The summed E-state index contributed by atoms with van der Waals surface area (Å²) in [5, 5.41) is 5.10. The number of pyridine rings is 1. The Kier molecular flexibility index (Phi) is 5.91. The molecule has 0 N–H and O–H groups in total. The Morgan fingerprint density at radius 1 is 0.971 bits per heavy atom. The maximum absolute atomic E-state index is 14.8. The van der Waals surface area contributed by atoms with Crippen LogP contribution in [0, 0.1) is 11.6 Å². The third kappa shape index (κ3) is 4.45. The Balaban J connectivity index is 1.48. The number of sulfone groups is 1. The van der Waals surface area contributed by atoms with E-state index in [1.807, 2.05) is 0 Å². The van der Waals surface area contributed by atoms with Crippen LogP contribution in [0.2, 0.25) is 0 Å². The van der Waals surface area contributed by atoms with Gasteiger partial charge in [0.1, 0.15) is 0 Å². The van der Waals surface area contributed by atoms with Crippen LogP contribution in [-0.4, -0.2) is 47.4 Å². The Hall–Kier alpha value is -3.17. The number of fused-ring (bicyclic) bond motifs is 1. The fraction of sp³-hybridized carbons (Fsp3) is 0.280. The molecular weight excluding hydrogens is 458 g/mol. The zero-order chi connectivity index (χ0) is 23.9. The van der Waals surface area contributed by atoms with Gasteiger partial charge in [-0.05, 0) is 73.5 Å². The molecule has 0 amide bonds. The number of benzene rings is 2. The van der Waals surface area contributed by atoms with E-state index in [2.05, 4.69) is 15.0 Å². The van der Waals surface area contributed by atoms with E-state index < -0.39 is 21.5 Å². The summed E-state index contributed by atoms with van der Waals surface area (Å²) < 4.78 is 54.2. The SMILES string of the molecule is CS(=O)(=O)c1ccc(-n2ncc3cc(-c4cc(CN5CCCCC5)cc(F)c4F)ccc32)cn1. The molecule has 6 nitrogen and oxygen atoms in total. The molecule has 0 unspecified atom stereocenters. The zero-order valence-electron chi connectivity index (χ0n) is 18.7. The molecule has 176 valence electrons. The predicted molar refractivity (Wildman–Crippen MR) is 126 cm³/mol. The zero-order valence-corrected chi connectivity index (χ0v) is 19.5. The lowest BCUT2D eigenvalue weighted by molar-refractivity contribution is 0.220. The van der Waals surface area contributed by atoms with Gasteiger partial charge in [0.2, 0.25) is 0 Å². The summed E-state index contributed by atoms with van der Waals surface area (Å²) in [6, 6.07) is 11.4. The van der Waals surface area contributed by atoms with Crippen molar-refractivity contribution in [2.45, 2.75) is 30.8 Å². The lowest BCUT2D eigenvalue weighted by atomic mass is 10.00. The summed E-state index contributed by atoms with van der Waals surface area (Å²) in [6.45, 7) is 2.54. The summed E-state index contributed by atoms with van der Waals surface area (Å²) in [5.41, 5.74) is 2.87. The molecule has 0 saturated carbocycles. The van der Waals surface area contributed by atoms with E-state index in [1.165, 1.54) is 24.8 Å². The molecule has 2 aromatic carbocycles. The van der Waals surface area contributed by atoms with Gasteiger partial charge >= 0.3 is 0 Å². The first-order valence-corrected chi connectivity index (χ1v) is 13.0. The van der Waals surface area contributed by atoms with Gasteiger partial charge in [0, 0.05) is 23.8 Å². The van der Waals surface area contributed by atoms with Gasteiger partial charge in [-0.2, -0.15) is 5.10 Å². The second-order valence-electron chi connectivity index (χ2n) is 8.73. The monoisotopic (exact) mass is 482 g/mol. The second-order valence-corrected chi connectivity index (χ2v) is 10.7. The first-order chi connectivity index (χ1) is 16.3. The van der Waals surface area contributed by atoms with Crippen LogP contribution >= 0.6 is 0 Å². The molecule has 5 rings (SSSR count). The molecule has 2 aromatic heterocycles. The van der Waals surface area contributed by atoms with Gasteiger partial charge in [-0.3, -0.25) is 4.90 Å². The molecule has 9 heteroatoms. The summed E-state index contributed by atoms with van der Waals surface area (Å²) in [4.78, 5) is 6.29. The number of halogens is 2. The highest BCUT2D eigenvalue weighted by Gasteiger charge is 2.17. The van der Waals surface area contributed by atoms with Crippen LogP contribution in [0.5, 0.6) is 0 Å². The molecule has 0 spiro atoms. The van der Waals surface area contributed by atoms with Crippen molar-refractivity contribution in [3.05, 3.63) is 72.1 Å². The van der Waals surface area contributed by atoms with E-state index in [0.29, 0.717) is 17.8 Å². The summed E-state index contributed by atoms with van der Waals surface area (Å²) in [7, 11) is -3.40. The minimum Gasteiger partial charge on any atom is -0.299 e. The molecule has 1 fully saturated rings. The van der Waals surface area contributed by atoms with Crippen LogP contribution in [0.15, 0.2) is 59.9 Å². The minimum absolute atomic E-state index is 0.0167. The van der Waals surface area contributed by atoms with Gasteiger partial charge in [-0.1, -0.05) is 12.5 Å². The number of hydrogen-bond acceptors (Lipinski definition) is 5. The minimum atomic E-state index is -3.40. The lowest BCUT2D eigenvalue weighted by Gasteiger charge is -2.26. The topological polar surface area (TPSA) is 68.1 Å². The van der Waals surface area contributed by atoms with Crippen molar-refractivity contribution < 1.29 is 17.2 Å². The van der Waals surface area contributed by atoms with E-state index in [9.17, 15) is 17.2 Å². The van der Waals surface area contributed by atoms with Crippen LogP contribution in [0.1, 0.15) is 24.8 Å². The van der Waals surface area contributed by atoms with Gasteiger partial charge < -0.3 is 0 Å². The molecule has 0 radical (unpaired) electrons. The number of aromatic nitrogens is 3. The van der Waals surface area contributed by atoms with E-state index in [1.54, 1.807) is 41.2 Å². The van der Waals surface area contributed by atoms with Gasteiger partial charge in [0.05, 0.1) is 23.6 Å². The summed E-state index contributed by atoms with van der Waals surface area (Å²) in [5.74, 6) is -1.72. The highest BCUT2D eigenvalue weighted by molar-refractivity contribution is 7.90. The third-order valence-electron chi connectivity index (χ3n) is 6.17. The molecule has 0 bridgehead atoms. The number of likely N-dealkylation sites (tertiary alicyclic amines) is 1. The van der Waals surface area contributed by atoms with Gasteiger partial charge in [-0.15, -0.1) is 0 Å². The van der Waals surface area contributed by atoms with Crippen LogP contribution in [0.4, 0.5) is 8.78 Å². The van der Waals surface area contributed by atoms with E-state index in [4.69, 9.17) is 0 Å². The standard InChI is InChI=1S/C25H24F2N4O2S/c1-34(32,33)24-8-6-20(15-28-24)31-23-7-5-18(13-19(23)14-29-31)21-11-17(12-22(26)25(21)27)16-30-9-3-2-4-10-30/h5-8,11-15H,2-4,9-10,16H2,1H3. The normalized spacial score (nSPS) is 15.1. The van der Waals surface area contributed by atoms with Crippen LogP contribution < -0.4 is 0 Å². The Morgan fingerprint density at radius 2 is 1.76 bits per heavy atom. The molecule has 3 heterocycles. The molecule has 0 aliphatic carbocycles. The van der Waals surface area contributed by atoms with Crippen molar-refractivity contribution in [2.75, 3.05) is 19.3 Å². The number of piperidine rings is 1.